The number of hydrogen-bond donors (Lipinski definition) is 1. The van der Waals surface area contributed by atoms with Crippen LogP contribution in [-0.4, -0.2) is 106 Å². The Kier molecular flexibility index (Phi) is 13.8. The molecule has 11 nitrogen and oxygen atoms in total. The molecule has 1 N–H and O–H groups in total. The van der Waals surface area contributed by atoms with Gasteiger partial charge in [-0.05, 0) is 56.2 Å². The minimum atomic E-state index is -4.09. The van der Waals surface area contributed by atoms with Crippen LogP contribution in [-0.2, 0) is 35.6 Å². The molecule has 0 spiro atoms. The SMILES string of the molecule is COc1ccc(CCO[C@@H]2CCCC[C@H]2N2CC[C@@H](OC(=O)CCCCCC(=O)N(C)CCS(=O)(=O)O)C2)cc1OC. The highest BCUT2D eigenvalue weighted by molar-refractivity contribution is 7.85. The van der Waals surface area contributed by atoms with Crippen LogP contribution >= 0.6 is 0 Å². The fourth-order valence-electron chi connectivity index (χ4n) is 5.74. The monoisotopic (exact) mass is 612 g/mol. The molecule has 1 heterocycles. The van der Waals surface area contributed by atoms with Gasteiger partial charge in [0.1, 0.15) is 6.10 Å². The molecule has 12 heteroatoms. The lowest BCUT2D eigenvalue weighted by Crippen LogP contribution is -2.46. The zero-order chi connectivity index (χ0) is 30.5. The summed E-state index contributed by atoms with van der Waals surface area (Å²) in [6.07, 6.45) is 8.68. The lowest BCUT2D eigenvalue weighted by Gasteiger charge is -2.37. The van der Waals surface area contributed by atoms with Crippen molar-refractivity contribution in [3.63, 3.8) is 0 Å². The minimum Gasteiger partial charge on any atom is -0.493 e. The number of ether oxygens (including phenoxy) is 4. The van der Waals surface area contributed by atoms with Gasteiger partial charge in [-0.25, -0.2) is 0 Å². The molecule has 3 atom stereocenters. The molecule has 1 aliphatic heterocycles. The molecule has 1 amide bonds. The molecule has 2 fully saturated rings. The first kappa shape index (κ1) is 34.1. The van der Waals surface area contributed by atoms with Gasteiger partial charge in [-0.2, -0.15) is 8.42 Å². The summed E-state index contributed by atoms with van der Waals surface area (Å²) in [5.74, 6) is 0.572. The number of likely N-dealkylation sites (tertiary alicyclic amines) is 1. The molecule has 2 aliphatic rings. The molecule has 1 saturated carbocycles. The third kappa shape index (κ3) is 11.3. The quantitative estimate of drug-likeness (QED) is 0.158. The van der Waals surface area contributed by atoms with E-state index in [9.17, 15) is 18.0 Å². The average molecular weight is 613 g/mol. The topological polar surface area (TPSA) is 132 Å². The zero-order valence-corrected chi connectivity index (χ0v) is 26.1. The molecule has 1 aromatic rings. The van der Waals surface area contributed by atoms with Crippen molar-refractivity contribution >= 4 is 22.0 Å². The number of carbonyl (C=O) groups excluding carboxylic acids is 2. The van der Waals surface area contributed by atoms with Crippen LogP contribution in [0.15, 0.2) is 18.2 Å². The van der Waals surface area contributed by atoms with E-state index in [1.54, 1.807) is 14.2 Å². The zero-order valence-electron chi connectivity index (χ0n) is 25.3. The Morgan fingerprint density at radius 1 is 1.02 bits per heavy atom. The first-order valence-electron chi connectivity index (χ1n) is 15.0. The number of hydrogen-bond acceptors (Lipinski definition) is 9. The van der Waals surface area contributed by atoms with Crippen LogP contribution in [0.5, 0.6) is 11.5 Å². The fourth-order valence-corrected chi connectivity index (χ4v) is 6.24. The number of methoxy groups -OCH3 is 2. The van der Waals surface area contributed by atoms with E-state index in [0.717, 1.165) is 56.5 Å². The van der Waals surface area contributed by atoms with Gasteiger partial charge in [0.2, 0.25) is 5.91 Å². The molecule has 1 aromatic carbocycles. The van der Waals surface area contributed by atoms with Crippen LogP contribution < -0.4 is 9.47 Å². The van der Waals surface area contributed by atoms with Crippen LogP contribution in [0.25, 0.3) is 0 Å². The smallest absolute Gasteiger partial charge is 0.306 e. The summed E-state index contributed by atoms with van der Waals surface area (Å²) in [6, 6.07) is 6.29. The summed E-state index contributed by atoms with van der Waals surface area (Å²) in [5, 5.41) is 0. The highest BCUT2D eigenvalue weighted by Crippen LogP contribution is 2.30. The highest BCUT2D eigenvalue weighted by Gasteiger charge is 2.36. The van der Waals surface area contributed by atoms with E-state index in [2.05, 4.69) is 4.90 Å². The summed E-state index contributed by atoms with van der Waals surface area (Å²) in [4.78, 5) is 28.3. The number of unbranched alkanes of at least 4 members (excludes halogenated alkanes) is 2. The fraction of sp³-hybridized carbons (Fsp3) is 0.733. The first-order valence-corrected chi connectivity index (χ1v) is 16.7. The van der Waals surface area contributed by atoms with E-state index in [0.29, 0.717) is 44.1 Å². The highest BCUT2D eigenvalue weighted by atomic mass is 32.2. The van der Waals surface area contributed by atoms with Crippen LogP contribution in [0.4, 0.5) is 0 Å². The molecule has 3 rings (SSSR count). The van der Waals surface area contributed by atoms with Gasteiger partial charge in [0.15, 0.2) is 11.5 Å². The molecule has 1 saturated heterocycles. The van der Waals surface area contributed by atoms with Crippen molar-refractivity contribution in [1.29, 1.82) is 0 Å². The van der Waals surface area contributed by atoms with Crippen molar-refractivity contribution < 1.29 is 41.5 Å². The number of esters is 1. The molecule has 1 aliphatic carbocycles. The molecule has 0 unspecified atom stereocenters. The predicted octanol–water partition coefficient (Wildman–Crippen LogP) is 3.49. The maximum absolute atomic E-state index is 12.5. The van der Waals surface area contributed by atoms with Gasteiger partial charge in [-0.15, -0.1) is 0 Å². The number of nitrogens with zero attached hydrogens (tertiary/aromatic N) is 2. The summed E-state index contributed by atoms with van der Waals surface area (Å²) < 4.78 is 53.4. The van der Waals surface area contributed by atoms with Crippen LogP contribution in [0, 0.1) is 0 Å². The Balaban J connectivity index is 1.33. The Bertz CT molecular complexity index is 1110. The standard InChI is InChI=1S/C30H48N2O9S/c1-31(18-20-42(35,36)37)29(33)11-5-4-6-12-30(34)41-24-15-17-32(22-24)25-9-7-8-10-26(25)40-19-16-23-13-14-27(38-2)28(21-23)39-3/h13-14,21,24-26H,4-12,15-20,22H2,1-3H3,(H,35,36,37)/t24-,25-,26-/m1/s1. The summed E-state index contributed by atoms with van der Waals surface area (Å²) in [5.41, 5.74) is 1.14. The Morgan fingerprint density at radius 3 is 2.50 bits per heavy atom. The van der Waals surface area contributed by atoms with Gasteiger partial charge in [-0.1, -0.05) is 25.3 Å². The van der Waals surface area contributed by atoms with E-state index in [1.807, 2.05) is 18.2 Å². The van der Waals surface area contributed by atoms with Gasteiger partial charge in [-0.3, -0.25) is 19.0 Å². The molecular formula is C30H48N2O9S. The van der Waals surface area contributed by atoms with E-state index in [-0.39, 0.29) is 37.0 Å². The molecule has 0 radical (unpaired) electrons. The minimum absolute atomic E-state index is 0.0462. The normalized spacial score (nSPS) is 21.2. The second kappa shape index (κ2) is 17.0. The Labute approximate surface area is 250 Å². The van der Waals surface area contributed by atoms with Gasteiger partial charge >= 0.3 is 5.97 Å². The number of amides is 1. The molecule has 0 bridgehead atoms. The number of carbonyl (C=O) groups is 2. The van der Waals surface area contributed by atoms with Crippen LogP contribution in [0.3, 0.4) is 0 Å². The summed E-state index contributed by atoms with van der Waals surface area (Å²) in [6.45, 7) is 2.21. The largest absolute Gasteiger partial charge is 0.493 e. The van der Waals surface area contributed by atoms with E-state index in [1.165, 1.54) is 18.4 Å². The van der Waals surface area contributed by atoms with Crippen molar-refractivity contribution in [2.24, 2.45) is 0 Å². The third-order valence-electron chi connectivity index (χ3n) is 8.16. The predicted molar refractivity (Wildman–Crippen MR) is 158 cm³/mol. The lowest BCUT2D eigenvalue weighted by atomic mass is 9.91. The second-order valence-corrected chi connectivity index (χ2v) is 12.8. The van der Waals surface area contributed by atoms with Crippen molar-refractivity contribution in [2.45, 2.75) is 88.9 Å². The maximum atomic E-state index is 12.5. The van der Waals surface area contributed by atoms with Gasteiger partial charge < -0.3 is 23.8 Å². The second-order valence-electron chi connectivity index (χ2n) is 11.3. The van der Waals surface area contributed by atoms with E-state index >= 15 is 0 Å². The lowest BCUT2D eigenvalue weighted by molar-refractivity contribution is -0.148. The number of benzene rings is 1. The van der Waals surface area contributed by atoms with E-state index in [4.69, 9.17) is 23.5 Å². The molecule has 42 heavy (non-hydrogen) atoms. The van der Waals surface area contributed by atoms with Crippen molar-refractivity contribution in [3.8, 4) is 11.5 Å². The first-order chi connectivity index (χ1) is 20.1. The molecule has 238 valence electrons. The van der Waals surface area contributed by atoms with Crippen molar-refractivity contribution in [3.05, 3.63) is 23.8 Å². The molecule has 0 aromatic heterocycles. The third-order valence-corrected chi connectivity index (χ3v) is 8.86. The Hall–Kier alpha value is -2.41. The Morgan fingerprint density at radius 2 is 1.76 bits per heavy atom. The van der Waals surface area contributed by atoms with Gasteiger partial charge in [0.25, 0.3) is 10.1 Å². The van der Waals surface area contributed by atoms with E-state index < -0.39 is 15.9 Å². The van der Waals surface area contributed by atoms with Crippen LogP contribution in [0.2, 0.25) is 0 Å². The number of rotatable bonds is 17. The summed E-state index contributed by atoms with van der Waals surface area (Å²) >= 11 is 0. The van der Waals surface area contributed by atoms with Crippen LogP contribution in [0.1, 0.15) is 69.8 Å². The van der Waals surface area contributed by atoms with Crippen molar-refractivity contribution in [1.82, 2.24) is 9.80 Å². The van der Waals surface area contributed by atoms with Gasteiger partial charge in [0, 0.05) is 45.6 Å². The maximum Gasteiger partial charge on any atom is 0.306 e. The van der Waals surface area contributed by atoms with Gasteiger partial charge in [0.05, 0.1) is 32.7 Å². The molecular weight excluding hydrogens is 564 g/mol. The van der Waals surface area contributed by atoms with Crippen molar-refractivity contribution in [2.75, 3.05) is 53.3 Å². The summed E-state index contributed by atoms with van der Waals surface area (Å²) in [7, 11) is 0.685. The average Bonchev–Trinajstić information content (AvgIpc) is 3.43.